The Hall–Kier alpha value is -0.270. The van der Waals surface area contributed by atoms with Crippen molar-refractivity contribution in [2.24, 2.45) is 0 Å². The largest absolute Gasteiger partial charge is 0.355 e. The molecule has 0 unspecified atom stereocenters. The Balaban J connectivity index is 2.50. The predicted octanol–water partition coefficient (Wildman–Crippen LogP) is 1.88. The molecule has 0 aliphatic heterocycles. The second-order valence-electron chi connectivity index (χ2n) is 2.69. The van der Waals surface area contributed by atoms with Gasteiger partial charge < -0.3 is 5.32 Å². The molecule has 0 fully saturated rings. The van der Waals surface area contributed by atoms with Gasteiger partial charge in [0.15, 0.2) is 8.68 Å². The van der Waals surface area contributed by atoms with Crippen molar-refractivity contribution in [1.29, 1.82) is 0 Å². The van der Waals surface area contributed by atoms with Crippen LogP contribution in [0.3, 0.4) is 0 Å². The van der Waals surface area contributed by atoms with Crippen LogP contribution in [0.5, 0.6) is 0 Å². The molecule has 0 saturated carbocycles. The molecule has 1 amide bonds. The summed E-state index contributed by atoms with van der Waals surface area (Å²) in [6, 6.07) is 0. The molecule has 0 bridgehead atoms. The summed E-state index contributed by atoms with van der Waals surface area (Å²) in [5.74, 6) is 0.0448. The molecular formula is C8H13N3OS3. The van der Waals surface area contributed by atoms with Gasteiger partial charge in [0.1, 0.15) is 0 Å². The molecule has 1 heterocycles. The van der Waals surface area contributed by atoms with Gasteiger partial charge in [-0.3, -0.25) is 4.79 Å². The quantitative estimate of drug-likeness (QED) is 0.822. The molecule has 1 aromatic rings. The van der Waals surface area contributed by atoms with E-state index in [2.05, 4.69) is 15.5 Å². The lowest BCUT2D eigenvalue weighted by atomic mass is 10.4. The van der Waals surface area contributed by atoms with E-state index in [0.717, 1.165) is 8.68 Å². The topological polar surface area (TPSA) is 54.9 Å². The van der Waals surface area contributed by atoms with Crippen molar-refractivity contribution in [1.82, 2.24) is 15.5 Å². The number of carbonyl (C=O) groups is 1. The van der Waals surface area contributed by atoms with Gasteiger partial charge in [-0.05, 0) is 20.1 Å². The van der Waals surface area contributed by atoms with Crippen LogP contribution in [0.25, 0.3) is 0 Å². The van der Waals surface area contributed by atoms with Crippen LogP contribution in [0.1, 0.15) is 13.8 Å². The summed E-state index contributed by atoms with van der Waals surface area (Å²) in [5.41, 5.74) is 0. The summed E-state index contributed by atoms with van der Waals surface area (Å²) < 4.78 is 1.78. The molecule has 1 N–H and O–H groups in total. The third kappa shape index (κ3) is 4.00. The number of hydrogen-bond acceptors (Lipinski definition) is 6. The van der Waals surface area contributed by atoms with Crippen molar-refractivity contribution < 1.29 is 4.79 Å². The second kappa shape index (κ2) is 6.34. The molecule has 0 aliphatic rings. The zero-order chi connectivity index (χ0) is 11.3. The second-order valence-corrected chi connectivity index (χ2v) is 6.31. The SMILES string of the molecule is CCNC(=O)[C@H](C)Sc1nnc(SC)s1. The molecule has 1 rings (SSSR count). The van der Waals surface area contributed by atoms with Crippen LogP contribution in [-0.4, -0.2) is 34.2 Å². The Morgan fingerprint density at radius 3 is 2.73 bits per heavy atom. The van der Waals surface area contributed by atoms with Crippen molar-refractivity contribution in [3.05, 3.63) is 0 Å². The maximum Gasteiger partial charge on any atom is 0.233 e. The summed E-state index contributed by atoms with van der Waals surface area (Å²) in [7, 11) is 0. The van der Waals surface area contributed by atoms with Crippen molar-refractivity contribution in [3.63, 3.8) is 0 Å². The van der Waals surface area contributed by atoms with Gasteiger partial charge in [-0.15, -0.1) is 10.2 Å². The first kappa shape index (κ1) is 12.8. The molecule has 4 nitrogen and oxygen atoms in total. The minimum absolute atomic E-state index is 0.0448. The van der Waals surface area contributed by atoms with Crippen LogP contribution in [0.4, 0.5) is 0 Å². The minimum Gasteiger partial charge on any atom is -0.355 e. The third-order valence-corrected chi connectivity index (χ3v) is 4.64. The van der Waals surface area contributed by atoms with Gasteiger partial charge >= 0.3 is 0 Å². The molecule has 1 aromatic heterocycles. The predicted molar refractivity (Wildman–Crippen MR) is 65.7 cm³/mol. The van der Waals surface area contributed by atoms with Crippen molar-refractivity contribution in [2.45, 2.75) is 27.8 Å². The first-order chi connectivity index (χ1) is 7.17. The zero-order valence-electron chi connectivity index (χ0n) is 8.81. The Labute approximate surface area is 102 Å². The number of nitrogens with zero attached hydrogens (tertiary/aromatic N) is 2. The molecule has 0 spiro atoms. The van der Waals surface area contributed by atoms with Gasteiger partial charge in [-0.25, -0.2) is 0 Å². The molecular weight excluding hydrogens is 250 g/mol. The fraction of sp³-hybridized carbons (Fsp3) is 0.625. The normalized spacial score (nSPS) is 12.5. The van der Waals surface area contributed by atoms with Crippen LogP contribution in [-0.2, 0) is 4.79 Å². The molecule has 0 aromatic carbocycles. The van der Waals surface area contributed by atoms with E-state index in [4.69, 9.17) is 0 Å². The summed E-state index contributed by atoms with van der Waals surface area (Å²) in [6.45, 7) is 4.44. The van der Waals surface area contributed by atoms with Gasteiger partial charge in [-0.1, -0.05) is 34.9 Å². The van der Waals surface area contributed by atoms with Crippen LogP contribution in [0.15, 0.2) is 8.68 Å². The van der Waals surface area contributed by atoms with E-state index in [9.17, 15) is 4.79 Å². The number of amides is 1. The number of rotatable bonds is 5. The molecule has 7 heteroatoms. The first-order valence-electron chi connectivity index (χ1n) is 4.49. The van der Waals surface area contributed by atoms with Gasteiger partial charge in [0.2, 0.25) is 5.91 Å². The average Bonchev–Trinajstić information content (AvgIpc) is 2.66. The standard InChI is InChI=1S/C8H13N3OS3/c1-4-9-6(12)5(2)14-8-11-10-7(13-3)15-8/h5H,4H2,1-3H3,(H,9,12)/t5-/m0/s1. The van der Waals surface area contributed by atoms with E-state index in [1.807, 2.05) is 20.1 Å². The van der Waals surface area contributed by atoms with Crippen LogP contribution < -0.4 is 5.32 Å². The summed E-state index contributed by atoms with van der Waals surface area (Å²) >= 11 is 4.53. The van der Waals surface area contributed by atoms with E-state index < -0.39 is 0 Å². The fourth-order valence-corrected chi connectivity index (χ4v) is 3.46. The Morgan fingerprint density at radius 1 is 1.53 bits per heavy atom. The van der Waals surface area contributed by atoms with Crippen molar-refractivity contribution in [2.75, 3.05) is 12.8 Å². The highest BCUT2D eigenvalue weighted by Gasteiger charge is 2.15. The van der Waals surface area contributed by atoms with Crippen LogP contribution in [0, 0.1) is 0 Å². The molecule has 0 radical (unpaired) electrons. The number of thioether (sulfide) groups is 2. The lowest BCUT2D eigenvalue weighted by Gasteiger charge is -2.07. The monoisotopic (exact) mass is 263 g/mol. The van der Waals surface area contributed by atoms with Crippen LogP contribution in [0.2, 0.25) is 0 Å². The Kier molecular flexibility index (Phi) is 5.41. The van der Waals surface area contributed by atoms with E-state index in [0.29, 0.717) is 6.54 Å². The number of carbonyl (C=O) groups excluding carboxylic acids is 1. The van der Waals surface area contributed by atoms with Gasteiger partial charge in [0.05, 0.1) is 5.25 Å². The maximum atomic E-state index is 11.4. The maximum absolute atomic E-state index is 11.4. The molecule has 1 atom stereocenters. The summed E-state index contributed by atoms with van der Waals surface area (Å²) in [4.78, 5) is 11.4. The van der Waals surface area contributed by atoms with Crippen LogP contribution >= 0.6 is 34.9 Å². The molecule has 84 valence electrons. The molecule has 0 saturated heterocycles. The third-order valence-electron chi connectivity index (χ3n) is 1.56. The highest BCUT2D eigenvalue weighted by atomic mass is 32.2. The Bertz CT molecular complexity index is 329. The van der Waals surface area contributed by atoms with E-state index in [1.54, 1.807) is 11.8 Å². The number of hydrogen-bond donors (Lipinski definition) is 1. The molecule has 0 aliphatic carbocycles. The summed E-state index contributed by atoms with van der Waals surface area (Å²) in [5, 5.41) is 10.6. The molecule has 15 heavy (non-hydrogen) atoms. The van der Waals surface area contributed by atoms with Crippen molar-refractivity contribution in [3.8, 4) is 0 Å². The van der Waals surface area contributed by atoms with Gasteiger partial charge in [0, 0.05) is 6.54 Å². The number of nitrogens with one attached hydrogen (secondary N) is 1. The number of aromatic nitrogens is 2. The smallest absolute Gasteiger partial charge is 0.233 e. The average molecular weight is 263 g/mol. The first-order valence-corrected chi connectivity index (χ1v) is 7.41. The lowest BCUT2D eigenvalue weighted by molar-refractivity contribution is -0.120. The fourth-order valence-electron chi connectivity index (χ4n) is 0.850. The van der Waals surface area contributed by atoms with E-state index in [-0.39, 0.29) is 11.2 Å². The minimum atomic E-state index is -0.118. The highest BCUT2D eigenvalue weighted by molar-refractivity contribution is 8.03. The zero-order valence-corrected chi connectivity index (χ0v) is 11.3. The highest BCUT2D eigenvalue weighted by Crippen LogP contribution is 2.29. The van der Waals surface area contributed by atoms with E-state index >= 15 is 0 Å². The van der Waals surface area contributed by atoms with E-state index in [1.165, 1.54) is 23.1 Å². The van der Waals surface area contributed by atoms with Gasteiger partial charge in [-0.2, -0.15) is 0 Å². The Morgan fingerprint density at radius 2 is 2.20 bits per heavy atom. The van der Waals surface area contributed by atoms with Crippen molar-refractivity contribution >= 4 is 40.8 Å². The van der Waals surface area contributed by atoms with Gasteiger partial charge in [0.25, 0.3) is 0 Å². The summed E-state index contributed by atoms with van der Waals surface area (Å²) in [6.07, 6.45) is 1.96. The lowest BCUT2D eigenvalue weighted by Crippen LogP contribution is -2.30.